The fourth-order valence-corrected chi connectivity index (χ4v) is 3.94. The van der Waals surface area contributed by atoms with E-state index in [-0.39, 0.29) is 5.56 Å². The number of nitrogens with zero attached hydrogens (tertiary/aromatic N) is 2. The molecule has 10 heteroatoms. The highest BCUT2D eigenvalue weighted by atomic mass is 35.5. The summed E-state index contributed by atoms with van der Waals surface area (Å²) in [4.78, 5) is 25.1. The van der Waals surface area contributed by atoms with E-state index in [0.717, 1.165) is 28.8 Å². The molecule has 186 valence electrons. The van der Waals surface area contributed by atoms with E-state index in [9.17, 15) is 18.0 Å². The van der Waals surface area contributed by atoms with Gasteiger partial charge in [-0.15, -0.1) is 0 Å². The third-order valence-corrected chi connectivity index (χ3v) is 5.97. The largest absolute Gasteiger partial charge is 0.416 e. The highest BCUT2D eigenvalue weighted by Crippen LogP contribution is 2.31. The normalized spacial score (nSPS) is 11.5. The molecule has 0 bridgehead atoms. The minimum absolute atomic E-state index is 0.0984. The molecule has 1 amide bonds. The number of rotatable bonds is 5. The minimum atomic E-state index is -4.54. The number of hydrogen-bond acceptors (Lipinski definition) is 4. The number of aromatic nitrogens is 3. The molecule has 0 spiro atoms. The Morgan fingerprint density at radius 1 is 0.973 bits per heavy atom. The number of amides is 1. The van der Waals surface area contributed by atoms with E-state index < -0.39 is 17.6 Å². The number of carbonyl (C=O) groups excluding carboxylic acids is 1. The lowest BCUT2D eigenvalue weighted by atomic mass is 10.1. The van der Waals surface area contributed by atoms with Crippen LogP contribution >= 0.6 is 11.6 Å². The summed E-state index contributed by atoms with van der Waals surface area (Å²) < 4.78 is 39.1. The van der Waals surface area contributed by atoms with Gasteiger partial charge in [-0.1, -0.05) is 35.9 Å². The van der Waals surface area contributed by atoms with Crippen molar-refractivity contribution in [3.63, 3.8) is 0 Å². The van der Waals surface area contributed by atoms with Crippen LogP contribution in [0.25, 0.3) is 22.3 Å². The van der Waals surface area contributed by atoms with Gasteiger partial charge in [-0.05, 0) is 61.0 Å². The van der Waals surface area contributed by atoms with Crippen molar-refractivity contribution >= 4 is 45.9 Å². The topological polar surface area (TPSA) is 82.7 Å². The number of benzene rings is 3. The van der Waals surface area contributed by atoms with Gasteiger partial charge in [0, 0.05) is 33.7 Å². The summed E-state index contributed by atoms with van der Waals surface area (Å²) in [6.45, 7) is 1.87. The Balaban J connectivity index is 1.43. The van der Waals surface area contributed by atoms with Crippen molar-refractivity contribution in [2.24, 2.45) is 0 Å². The number of H-pyrrole nitrogens is 1. The van der Waals surface area contributed by atoms with Crippen molar-refractivity contribution < 1.29 is 18.0 Å². The fraction of sp³-hybridized carbons (Fsp3) is 0.0741. The van der Waals surface area contributed by atoms with Crippen LogP contribution in [0.4, 0.5) is 30.5 Å². The van der Waals surface area contributed by atoms with Gasteiger partial charge in [-0.2, -0.15) is 13.2 Å². The van der Waals surface area contributed by atoms with Gasteiger partial charge in [0.1, 0.15) is 0 Å². The van der Waals surface area contributed by atoms with Crippen molar-refractivity contribution in [2.45, 2.75) is 13.1 Å². The van der Waals surface area contributed by atoms with Gasteiger partial charge in [0.25, 0.3) is 5.91 Å². The average molecular weight is 522 g/mol. The molecule has 0 saturated carbocycles. The first kappa shape index (κ1) is 24.3. The van der Waals surface area contributed by atoms with Crippen molar-refractivity contribution in [3.05, 3.63) is 101 Å². The number of hydrogen-bond donors (Lipinski definition) is 3. The average Bonchev–Trinajstić information content (AvgIpc) is 3.34. The van der Waals surface area contributed by atoms with Gasteiger partial charge in [-0.25, -0.2) is 9.97 Å². The number of aryl methyl sites for hydroxylation is 1. The molecular formula is C27H19ClF3N5O. The molecule has 2 aromatic heterocycles. The molecule has 5 rings (SSSR count). The van der Waals surface area contributed by atoms with Gasteiger partial charge >= 0.3 is 6.18 Å². The van der Waals surface area contributed by atoms with Crippen molar-refractivity contribution in [2.75, 3.05) is 10.6 Å². The maximum atomic E-state index is 13.0. The first-order chi connectivity index (χ1) is 17.7. The number of carbonyl (C=O) groups is 1. The van der Waals surface area contributed by atoms with E-state index in [1.54, 1.807) is 36.5 Å². The Kier molecular flexibility index (Phi) is 6.31. The molecule has 0 fully saturated rings. The second kappa shape index (κ2) is 9.59. The van der Waals surface area contributed by atoms with E-state index in [1.165, 1.54) is 12.1 Å². The van der Waals surface area contributed by atoms with Gasteiger partial charge in [0.15, 0.2) is 0 Å². The second-order valence-electron chi connectivity index (χ2n) is 8.33. The SMILES string of the molecule is Cc1ccc(NC(=O)c2cccc(C(F)(F)F)c2)cc1Nc1nc(-c2ccc(Cl)cc2)c2[nH]ccc2n1. The summed E-state index contributed by atoms with van der Waals surface area (Å²) >= 11 is 6.04. The van der Waals surface area contributed by atoms with Gasteiger partial charge in [-0.3, -0.25) is 4.79 Å². The zero-order chi connectivity index (χ0) is 26.2. The molecular weight excluding hydrogens is 503 g/mol. The predicted molar refractivity (Wildman–Crippen MR) is 138 cm³/mol. The lowest BCUT2D eigenvalue weighted by Gasteiger charge is -2.13. The molecule has 5 aromatic rings. The van der Waals surface area contributed by atoms with Crippen LogP contribution in [-0.4, -0.2) is 20.9 Å². The Labute approximate surface area is 214 Å². The minimum Gasteiger partial charge on any atom is -0.358 e. The van der Waals surface area contributed by atoms with Crippen LogP contribution in [-0.2, 0) is 6.18 Å². The van der Waals surface area contributed by atoms with Crippen LogP contribution in [0.1, 0.15) is 21.5 Å². The number of anilines is 3. The summed E-state index contributed by atoms with van der Waals surface area (Å²) in [5.41, 5.74) is 3.89. The smallest absolute Gasteiger partial charge is 0.358 e. The fourth-order valence-electron chi connectivity index (χ4n) is 3.81. The van der Waals surface area contributed by atoms with E-state index in [1.807, 2.05) is 25.1 Å². The maximum absolute atomic E-state index is 13.0. The van der Waals surface area contributed by atoms with Crippen molar-refractivity contribution in [1.29, 1.82) is 0 Å². The number of halogens is 4. The predicted octanol–water partition coefficient (Wildman–Crippen LogP) is 7.60. The zero-order valence-electron chi connectivity index (χ0n) is 19.3. The number of nitrogens with one attached hydrogen (secondary N) is 3. The summed E-state index contributed by atoms with van der Waals surface area (Å²) in [6, 6.07) is 18.5. The van der Waals surface area contributed by atoms with Crippen LogP contribution in [0.5, 0.6) is 0 Å². The number of alkyl halides is 3. The third kappa shape index (κ3) is 5.26. The highest BCUT2D eigenvalue weighted by Gasteiger charge is 2.30. The van der Waals surface area contributed by atoms with Crippen LogP contribution in [0.2, 0.25) is 5.02 Å². The lowest BCUT2D eigenvalue weighted by Crippen LogP contribution is -2.14. The first-order valence-corrected chi connectivity index (χ1v) is 11.5. The molecule has 6 nitrogen and oxygen atoms in total. The maximum Gasteiger partial charge on any atom is 0.416 e. The molecule has 3 aromatic carbocycles. The van der Waals surface area contributed by atoms with Crippen LogP contribution in [0, 0.1) is 6.92 Å². The van der Waals surface area contributed by atoms with Crippen molar-refractivity contribution in [1.82, 2.24) is 15.0 Å². The van der Waals surface area contributed by atoms with Crippen molar-refractivity contribution in [3.8, 4) is 11.3 Å². The monoisotopic (exact) mass is 521 g/mol. The molecule has 0 atom stereocenters. The van der Waals surface area contributed by atoms with E-state index in [2.05, 4.69) is 25.6 Å². The standard InChI is InChI=1S/C27H19ClF3N5O/c1-15-5-10-20(33-25(37)17-3-2-4-18(13-17)27(29,30)31)14-22(15)35-26-34-21-11-12-32-24(21)23(36-26)16-6-8-19(28)9-7-16/h2-14,32H,1H3,(H,33,37)(H,34,35,36). The Bertz CT molecular complexity index is 1610. The van der Waals surface area contributed by atoms with E-state index in [0.29, 0.717) is 33.6 Å². The lowest BCUT2D eigenvalue weighted by molar-refractivity contribution is -0.137. The first-order valence-electron chi connectivity index (χ1n) is 11.1. The van der Waals surface area contributed by atoms with Crippen LogP contribution in [0.3, 0.4) is 0 Å². The van der Waals surface area contributed by atoms with Crippen LogP contribution in [0.15, 0.2) is 79.0 Å². The molecule has 0 saturated heterocycles. The summed E-state index contributed by atoms with van der Waals surface area (Å²) in [5, 5.41) is 6.46. The van der Waals surface area contributed by atoms with Gasteiger partial charge < -0.3 is 15.6 Å². The molecule has 0 unspecified atom stereocenters. The zero-order valence-corrected chi connectivity index (χ0v) is 20.1. The van der Waals surface area contributed by atoms with E-state index in [4.69, 9.17) is 11.6 Å². The molecule has 0 radical (unpaired) electrons. The van der Waals surface area contributed by atoms with E-state index >= 15 is 0 Å². The second-order valence-corrected chi connectivity index (χ2v) is 8.76. The Morgan fingerprint density at radius 2 is 1.76 bits per heavy atom. The molecule has 0 aliphatic heterocycles. The Morgan fingerprint density at radius 3 is 2.51 bits per heavy atom. The summed E-state index contributed by atoms with van der Waals surface area (Å²) in [5.74, 6) is -0.322. The molecule has 2 heterocycles. The summed E-state index contributed by atoms with van der Waals surface area (Å²) in [6.07, 6.45) is -2.76. The molecule has 0 aliphatic rings. The molecule has 0 aliphatic carbocycles. The van der Waals surface area contributed by atoms with Crippen LogP contribution < -0.4 is 10.6 Å². The quantitative estimate of drug-likeness (QED) is 0.222. The Hall–Kier alpha value is -4.37. The summed E-state index contributed by atoms with van der Waals surface area (Å²) in [7, 11) is 0. The van der Waals surface area contributed by atoms with Gasteiger partial charge in [0.2, 0.25) is 5.95 Å². The third-order valence-electron chi connectivity index (χ3n) is 5.72. The number of aromatic amines is 1. The highest BCUT2D eigenvalue weighted by molar-refractivity contribution is 6.30. The molecule has 3 N–H and O–H groups in total. The number of fused-ring (bicyclic) bond motifs is 1. The van der Waals surface area contributed by atoms with Gasteiger partial charge in [0.05, 0.1) is 22.3 Å². The molecule has 37 heavy (non-hydrogen) atoms.